The molecule has 0 aromatic rings. The fourth-order valence-corrected chi connectivity index (χ4v) is 5.71. The van der Waals surface area contributed by atoms with Crippen molar-refractivity contribution in [1.82, 2.24) is 0 Å². The first kappa shape index (κ1) is 14.4. The van der Waals surface area contributed by atoms with Gasteiger partial charge in [-0.1, -0.05) is 12.8 Å². The summed E-state index contributed by atoms with van der Waals surface area (Å²) in [4.78, 5) is 0. The minimum absolute atomic E-state index is 0.0107. The lowest BCUT2D eigenvalue weighted by atomic mass is 9.75. The summed E-state index contributed by atoms with van der Waals surface area (Å²) in [6, 6.07) is 0.799. The summed E-state index contributed by atoms with van der Waals surface area (Å²) in [6.07, 6.45) is 16.0. The molecule has 1 saturated heterocycles. The summed E-state index contributed by atoms with van der Waals surface area (Å²) in [5.74, 6) is 0.518. The van der Waals surface area contributed by atoms with E-state index >= 15 is 0 Å². The largest absolute Gasteiger partial charge is 0.382 e. The van der Waals surface area contributed by atoms with Crippen molar-refractivity contribution < 1.29 is 4.48 Å². The maximum Gasteiger partial charge on any atom is 0.156 e. The van der Waals surface area contributed by atoms with Gasteiger partial charge in [0.05, 0.1) is 19.1 Å². The number of nitrogens with two attached hydrogens (primary N) is 1. The lowest BCUT2D eigenvalue weighted by Gasteiger charge is -2.57. The molecule has 0 radical (unpaired) electrons. The molecule has 3 heteroatoms. The molecule has 0 unspecified atom stereocenters. The topological polar surface area (TPSA) is 49.9 Å². The van der Waals surface area contributed by atoms with Gasteiger partial charge < -0.3 is 10.2 Å². The van der Waals surface area contributed by atoms with Crippen LogP contribution in [0.15, 0.2) is 0 Å². The van der Waals surface area contributed by atoms with Gasteiger partial charge in [0.15, 0.2) is 11.4 Å². The molecule has 20 heavy (non-hydrogen) atoms. The van der Waals surface area contributed by atoms with Crippen molar-refractivity contribution in [3.05, 3.63) is 0 Å². The molecule has 0 aromatic heterocycles. The third kappa shape index (κ3) is 2.09. The highest BCUT2D eigenvalue weighted by molar-refractivity contribution is 5.86. The molecule has 0 aromatic carbocycles. The summed E-state index contributed by atoms with van der Waals surface area (Å²) in [5, 5.41) is 8.41. The first-order valence-electron chi connectivity index (χ1n) is 8.93. The molecule has 114 valence electrons. The molecule has 0 bridgehead atoms. The van der Waals surface area contributed by atoms with Crippen molar-refractivity contribution >= 4 is 5.84 Å². The highest BCUT2D eigenvalue weighted by Crippen LogP contribution is 2.47. The van der Waals surface area contributed by atoms with Crippen LogP contribution in [0.2, 0.25) is 0 Å². The molecule has 0 amide bonds. The smallest absolute Gasteiger partial charge is 0.156 e. The number of hydrogen-bond donors (Lipinski definition) is 2. The van der Waals surface area contributed by atoms with Gasteiger partial charge in [-0.3, -0.25) is 5.41 Å². The predicted molar refractivity (Wildman–Crippen MR) is 83.8 cm³/mol. The lowest BCUT2D eigenvalue weighted by Crippen LogP contribution is -2.72. The van der Waals surface area contributed by atoms with Gasteiger partial charge >= 0.3 is 0 Å². The highest BCUT2D eigenvalue weighted by atomic mass is 15.5. The van der Waals surface area contributed by atoms with E-state index in [4.69, 9.17) is 11.1 Å². The van der Waals surface area contributed by atoms with E-state index in [0.717, 1.165) is 6.04 Å². The van der Waals surface area contributed by atoms with Crippen LogP contribution >= 0.6 is 0 Å². The Hall–Kier alpha value is -0.570. The third-order valence-electron chi connectivity index (χ3n) is 6.67. The van der Waals surface area contributed by atoms with Crippen LogP contribution in [0.5, 0.6) is 0 Å². The average Bonchev–Trinajstić information content (AvgIpc) is 3.00. The van der Waals surface area contributed by atoms with Crippen LogP contribution in [-0.2, 0) is 0 Å². The molecule has 3 N–H and O–H groups in total. The molecular formula is C17H32N3+. The van der Waals surface area contributed by atoms with E-state index in [1.807, 2.05) is 0 Å². The molecule has 0 atom stereocenters. The molecule has 0 spiro atoms. The quantitative estimate of drug-likeness (QED) is 0.463. The van der Waals surface area contributed by atoms with Crippen molar-refractivity contribution in [1.29, 1.82) is 5.41 Å². The Morgan fingerprint density at radius 3 is 1.95 bits per heavy atom. The molecule has 1 heterocycles. The van der Waals surface area contributed by atoms with Gasteiger partial charge in [0.1, 0.15) is 0 Å². The van der Waals surface area contributed by atoms with Crippen LogP contribution in [0.4, 0.5) is 0 Å². The Bertz CT molecular complexity index is 345. The molecule has 3 rings (SSSR count). The van der Waals surface area contributed by atoms with Crippen LogP contribution in [0.1, 0.15) is 77.0 Å². The molecule has 3 nitrogen and oxygen atoms in total. The molecular weight excluding hydrogens is 246 g/mol. The Morgan fingerprint density at radius 2 is 1.40 bits per heavy atom. The van der Waals surface area contributed by atoms with E-state index in [1.165, 1.54) is 94.6 Å². The zero-order chi connectivity index (χ0) is 14.1. The van der Waals surface area contributed by atoms with Crippen molar-refractivity contribution in [3.8, 4) is 0 Å². The molecule has 3 aliphatic rings. The number of hydrogen-bond acceptors (Lipinski definition) is 1. The minimum atomic E-state index is 0.0107. The van der Waals surface area contributed by atoms with Gasteiger partial charge in [-0.15, -0.1) is 0 Å². The fourth-order valence-electron chi connectivity index (χ4n) is 5.71. The van der Waals surface area contributed by atoms with Crippen molar-refractivity contribution in [2.45, 2.75) is 88.6 Å². The standard InChI is InChI=1S/C17H32N3/c18-16(19)17(11-5-2-6-12-17)20(13-7-8-14-20)15-9-3-1-4-10-15/h15H,1-14H2,(H3,18,19)/q+1. The normalized spacial score (nSPS) is 30.2. The van der Waals surface area contributed by atoms with Gasteiger partial charge in [0, 0.05) is 25.7 Å². The zero-order valence-corrected chi connectivity index (χ0v) is 13.0. The second-order valence-electron chi connectivity index (χ2n) is 7.49. The summed E-state index contributed by atoms with van der Waals surface area (Å²) in [5.41, 5.74) is 6.25. The van der Waals surface area contributed by atoms with Gasteiger partial charge in [-0.2, -0.15) is 0 Å². The zero-order valence-electron chi connectivity index (χ0n) is 13.0. The van der Waals surface area contributed by atoms with Crippen molar-refractivity contribution in [2.75, 3.05) is 13.1 Å². The second-order valence-corrected chi connectivity index (χ2v) is 7.49. The van der Waals surface area contributed by atoms with Crippen LogP contribution in [0.3, 0.4) is 0 Å². The first-order valence-corrected chi connectivity index (χ1v) is 8.93. The fraction of sp³-hybridized carbons (Fsp3) is 0.941. The third-order valence-corrected chi connectivity index (χ3v) is 6.67. The molecule has 1 aliphatic heterocycles. The summed E-state index contributed by atoms with van der Waals surface area (Å²) in [6.45, 7) is 2.59. The Labute approximate surface area is 124 Å². The summed E-state index contributed by atoms with van der Waals surface area (Å²) >= 11 is 0. The van der Waals surface area contributed by atoms with Gasteiger partial charge in [-0.25, -0.2) is 0 Å². The molecule has 2 saturated carbocycles. The monoisotopic (exact) mass is 278 g/mol. The van der Waals surface area contributed by atoms with Crippen LogP contribution in [0.25, 0.3) is 0 Å². The molecule has 2 aliphatic carbocycles. The van der Waals surface area contributed by atoms with Crippen LogP contribution in [0, 0.1) is 5.41 Å². The van der Waals surface area contributed by atoms with E-state index < -0.39 is 0 Å². The van der Waals surface area contributed by atoms with E-state index in [2.05, 4.69) is 0 Å². The van der Waals surface area contributed by atoms with Gasteiger partial charge in [0.2, 0.25) is 0 Å². The number of nitrogens with one attached hydrogen (secondary N) is 1. The Kier molecular flexibility index (Phi) is 4.07. The maximum atomic E-state index is 8.41. The number of rotatable bonds is 3. The maximum absolute atomic E-state index is 8.41. The second kappa shape index (κ2) is 5.67. The number of quaternary nitrogens is 1. The predicted octanol–water partition coefficient (Wildman–Crippen LogP) is 3.57. The number of likely N-dealkylation sites (tertiary alicyclic amines) is 1. The number of amidine groups is 1. The lowest BCUT2D eigenvalue weighted by molar-refractivity contribution is -0.979. The van der Waals surface area contributed by atoms with Crippen molar-refractivity contribution in [3.63, 3.8) is 0 Å². The molecule has 3 fully saturated rings. The van der Waals surface area contributed by atoms with Crippen molar-refractivity contribution in [2.24, 2.45) is 5.73 Å². The number of nitrogens with zero attached hydrogens (tertiary/aromatic N) is 1. The summed E-state index contributed by atoms with van der Waals surface area (Å²) < 4.78 is 1.21. The van der Waals surface area contributed by atoms with Gasteiger partial charge in [0.25, 0.3) is 0 Å². The first-order chi connectivity index (χ1) is 9.71. The minimum Gasteiger partial charge on any atom is -0.382 e. The van der Waals surface area contributed by atoms with Gasteiger partial charge in [-0.05, 0) is 38.5 Å². The van der Waals surface area contributed by atoms with Crippen LogP contribution in [-0.4, -0.2) is 35.0 Å². The van der Waals surface area contributed by atoms with E-state index in [9.17, 15) is 0 Å². The van der Waals surface area contributed by atoms with E-state index in [0.29, 0.717) is 5.84 Å². The average molecular weight is 278 g/mol. The summed E-state index contributed by atoms with van der Waals surface area (Å²) in [7, 11) is 0. The Morgan fingerprint density at radius 1 is 0.850 bits per heavy atom. The SMILES string of the molecule is N=C(N)C1([N+]2(C3CCCCC3)CCCC2)CCCCC1. The van der Waals surface area contributed by atoms with E-state index in [1.54, 1.807) is 0 Å². The Balaban J connectivity index is 1.96. The highest BCUT2D eigenvalue weighted by Gasteiger charge is 2.58. The van der Waals surface area contributed by atoms with Crippen LogP contribution < -0.4 is 5.73 Å². The van der Waals surface area contributed by atoms with E-state index in [-0.39, 0.29) is 5.54 Å².